The van der Waals surface area contributed by atoms with Crippen molar-refractivity contribution in [3.63, 3.8) is 0 Å². The molecule has 10 heteroatoms. The third-order valence-corrected chi connectivity index (χ3v) is 4.78. The van der Waals surface area contributed by atoms with Gasteiger partial charge in [-0.15, -0.1) is 0 Å². The van der Waals surface area contributed by atoms with Crippen LogP contribution < -0.4 is 4.74 Å². The Morgan fingerprint density at radius 1 is 1.21 bits per heavy atom. The molecule has 3 aromatic rings. The first-order valence-electron chi connectivity index (χ1n) is 8.08. The lowest BCUT2D eigenvalue weighted by Crippen LogP contribution is -1.99. The van der Waals surface area contributed by atoms with E-state index in [1.807, 2.05) is 0 Å². The van der Waals surface area contributed by atoms with Crippen molar-refractivity contribution in [2.45, 2.75) is 20.5 Å². The highest BCUT2D eigenvalue weighted by Crippen LogP contribution is 2.25. The molecule has 0 saturated carbocycles. The molecule has 28 heavy (non-hydrogen) atoms. The van der Waals surface area contributed by atoms with Crippen molar-refractivity contribution in [3.05, 3.63) is 52.0 Å². The Labute approximate surface area is 161 Å². The molecule has 0 atom stereocenters. The van der Waals surface area contributed by atoms with Crippen molar-refractivity contribution < 1.29 is 22.2 Å². The average molecular weight is 400 g/mol. The first-order valence-corrected chi connectivity index (χ1v) is 9.97. The number of allylic oxidation sites excluding steroid dienone is 1. The molecule has 9 nitrogen and oxygen atoms in total. The minimum absolute atomic E-state index is 0.0782. The van der Waals surface area contributed by atoms with Crippen molar-refractivity contribution in [2.75, 3.05) is 6.26 Å². The quantitative estimate of drug-likeness (QED) is 0.573. The van der Waals surface area contributed by atoms with E-state index in [9.17, 15) is 8.42 Å². The Bertz CT molecular complexity index is 1150. The normalized spacial score (nSPS) is 12.0. The summed E-state index contributed by atoms with van der Waals surface area (Å²) in [6, 6.07) is 8.26. The zero-order chi connectivity index (χ0) is 20.3. The fraction of sp³-hybridized carbons (Fsp3) is 0.222. The summed E-state index contributed by atoms with van der Waals surface area (Å²) in [5, 5.41) is 16.7. The lowest BCUT2D eigenvalue weighted by molar-refractivity contribution is 0.287. The van der Waals surface area contributed by atoms with Crippen molar-refractivity contribution in [2.24, 2.45) is 0 Å². The molecule has 0 bridgehead atoms. The second-order valence-corrected chi connectivity index (χ2v) is 7.95. The van der Waals surface area contributed by atoms with Gasteiger partial charge >= 0.3 is 0 Å². The minimum Gasteiger partial charge on any atom is -0.485 e. The van der Waals surface area contributed by atoms with Gasteiger partial charge in [-0.1, -0.05) is 22.4 Å². The Kier molecular flexibility index (Phi) is 5.28. The molecule has 0 N–H and O–H groups in total. The second kappa shape index (κ2) is 7.66. The van der Waals surface area contributed by atoms with E-state index in [4.69, 9.17) is 19.0 Å². The monoisotopic (exact) mass is 400 g/mol. The number of rotatable bonds is 6. The number of aromatic nitrogens is 3. The van der Waals surface area contributed by atoms with E-state index >= 15 is 0 Å². The maximum atomic E-state index is 11.5. The van der Waals surface area contributed by atoms with Crippen molar-refractivity contribution in [1.29, 1.82) is 5.26 Å². The first kappa shape index (κ1) is 19.3. The zero-order valence-corrected chi connectivity index (χ0v) is 16.1. The number of nitriles is 1. The number of benzene rings is 1. The van der Waals surface area contributed by atoms with Gasteiger partial charge in [0, 0.05) is 6.26 Å². The van der Waals surface area contributed by atoms with Gasteiger partial charge in [-0.25, -0.2) is 8.42 Å². The molecule has 0 unspecified atom stereocenters. The summed E-state index contributed by atoms with van der Waals surface area (Å²) in [5.41, 5.74) is 1.88. The van der Waals surface area contributed by atoms with Crippen molar-refractivity contribution in [3.8, 4) is 23.3 Å². The molecular weight excluding hydrogens is 384 g/mol. The summed E-state index contributed by atoms with van der Waals surface area (Å²) in [6.07, 6.45) is 2.29. The number of nitrogens with zero attached hydrogens (tertiary/aromatic N) is 4. The third-order valence-electron chi connectivity index (χ3n) is 3.77. The third kappa shape index (κ3) is 4.27. The highest BCUT2D eigenvalue weighted by Gasteiger charge is 2.18. The predicted octanol–water partition coefficient (Wildman–Crippen LogP) is 2.83. The van der Waals surface area contributed by atoms with Crippen molar-refractivity contribution >= 4 is 15.9 Å². The molecule has 0 spiro atoms. The number of hydrogen-bond donors (Lipinski definition) is 0. The number of hydrogen-bond acceptors (Lipinski definition) is 9. The highest BCUT2D eigenvalue weighted by molar-refractivity contribution is 7.95. The van der Waals surface area contributed by atoms with E-state index in [1.165, 1.54) is 6.08 Å². The van der Waals surface area contributed by atoms with Crippen LogP contribution in [0, 0.1) is 25.2 Å². The van der Waals surface area contributed by atoms with Gasteiger partial charge in [0.25, 0.3) is 5.89 Å². The summed E-state index contributed by atoms with van der Waals surface area (Å²) in [5.74, 6) is 1.77. The van der Waals surface area contributed by atoms with Crippen LogP contribution >= 0.6 is 0 Å². The maximum absolute atomic E-state index is 11.5. The molecule has 0 amide bonds. The van der Waals surface area contributed by atoms with E-state index in [-0.39, 0.29) is 11.5 Å². The van der Waals surface area contributed by atoms with Crippen LogP contribution in [0.5, 0.6) is 5.75 Å². The molecule has 2 aromatic heterocycles. The predicted molar refractivity (Wildman–Crippen MR) is 98.5 cm³/mol. The molecule has 0 aliphatic rings. The minimum atomic E-state index is -3.56. The molecule has 0 fully saturated rings. The summed E-state index contributed by atoms with van der Waals surface area (Å²) in [6.45, 7) is 3.62. The molecule has 0 saturated heterocycles. The van der Waals surface area contributed by atoms with Crippen LogP contribution in [0.15, 0.2) is 38.2 Å². The zero-order valence-electron chi connectivity index (χ0n) is 15.3. The molecular formula is C18H16N4O5S. The summed E-state index contributed by atoms with van der Waals surface area (Å²) in [7, 11) is -3.56. The summed E-state index contributed by atoms with van der Waals surface area (Å²) >= 11 is 0. The number of ether oxygens (including phenoxy) is 1. The van der Waals surface area contributed by atoms with Crippen molar-refractivity contribution in [1.82, 2.24) is 15.3 Å². The number of aryl methyl sites for hydroxylation is 2. The standard InChI is InChI=1S/C18H16N4O5S/c1-11-17(12(2)26-21-11)18-20-16(22-27-18)10-25-14-6-4-13(5-7-14)8-15(9-19)28(3,23)24/h4-8H,10H2,1-3H3/b15-8-. The summed E-state index contributed by atoms with van der Waals surface area (Å²) < 4.78 is 38.9. The van der Waals surface area contributed by atoms with Gasteiger partial charge < -0.3 is 13.8 Å². The van der Waals surface area contributed by atoms with Gasteiger partial charge in [0.15, 0.2) is 16.4 Å². The van der Waals surface area contributed by atoms with E-state index in [1.54, 1.807) is 44.2 Å². The van der Waals surface area contributed by atoms with Crippen LogP contribution in [0.1, 0.15) is 22.8 Å². The number of sulfone groups is 1. The SMILES string of the molecule is Cc1noc(C)c1-c1nc(COc2ccc(/C=C(/C#N)S(C)(=O)=O)cc2)no1. The Hall–Kier alpha value is -3.45. The molecule has 1 aromatic carbocycles. The lowest BCUT2D eigenvalue weighted by atomic mass is 10.2. The van der Waals surface area contributed by atoms with Crippen LogP contribution in [0.25, 0.3) is 17.5 Å². The van der Waals surface area contributed by atoms with Crippen LogP contribution in [0.3, 0.4) is 0 Å². The maximum Gasteiger partial charge on any atom is 0.263 e. The fourth-order valence-electron chi connectivity index (χ4n) is 2.38. The lowest BCUT2D eigenvalue weighted by Gasteiger charge is -2.03. The smallest absolute Gasteiger partial charge is 0.263 e. The summed E-state index contributed by atoms with van der Waals surface area (Å²) in [4.78, 5) is 3.96. The van der Waals surface area contributed by atoms with Gasteiger partial charge in [0.1, 0.15) is 28.0 Å². The second-order valence-electron chi connectivity index (χ2n) is 5.97. The molecule has 2 heterocycles. The van der Waals surface area contributed by atoms with E-state index in [0.717, 1.165) is 6.26 Å². The molecule has 0 radical (unpaired) electrons. The Morgan fingerprint density at radius 3 is 2.50 bits per heavy atom. The fourth-order valence-corrected chi connectivity index (χ4v) is 2.90. The first-order chi connectivity index (χ1) is 13.3. The molecule has 0 aliphatic carbocycles. The van der Waals surface area contributed by atoms with Gasteiger partial charge in [-0.3, -0.25) is 0 Å². The van der Waals surface area contributed by atoms with Crippen LogP contribution in [0.4, 0.5) is 0 Å². The van der Waals surface area contributed by atoms with Crippen LogP contribution in [-0.2, 0) is 16.4 Å². The van der Waals surface area contributed by atoms with E-state index in [0.29, 0.717) is 40.0 Å². The average Bonchev–Trinajstić information content (AvgIpc) is 3.24. The molecule has 144 valence electrons. The van der Waals surface area contributed by atoms with Gasteiger partial charge in [-0.05, 0) is 37.6 Å². The Morgan fingerprint density at radius 2 is 1.93 bits per heavy atom. The van der Waals surface area contributed by atoms with Gasteiger partial charge in [0.05, 0.1) is 5.69 Å². The molecule has 0 aliphatic heterocycles. The van der Waals surface area contributed by atoms with E-state index < -0.39 is 9.84 Å². The van der Waals surface area contributed by atoms with E-state index in [2.05, 4.69) is 15.3 Å². The van der Waals surface area contributed by atoms with Crippen LogP contribution in [0.2, 0.25) is 0 Å². The molecule has 3 rings (SSSR count). The van der Waals surface area contributed by atoms with Gasteiger partial charge in [0.2, 0.25) is 5.82 Å². The van der Waals surface area contributed by atoms with Gasteiger partial charge in [-0.2, -0.15) is 10.2 Å². The van der Waals surface area contributed by atoms with Crippen LogP contribution in [-0.4, -0.2) is 30.0 Å². The highest BCUT2D eigenvalue weighted by atomic mass is 32.2. The largest absolute Gasteiger partial charge is 0.485 e. The Balaban J connectivity index is 1.68. The topological polar surface area (TPSA) is 132 Å².